The van der Waals surface area contributed by atoms with E-state index < -0.39 is 0 Å². The molecular weight excluding hydrogens is 386 g/mol. The van der Waals surface area contributed by atoms with Crippen LogP contribution in [0, 0.1) is 11.3 Å². The molecule has 1 fully saturated rings. The van der Waals surface area contributed by atoms with E-state index in [-0.39, 0.29) is 0 Å². The van der Waals surface area contributed by atoms with Crippen molar-refractivity contribution in [2.45, 2.75) is 25.9 Å². The quantitative estimate of drug-likeness (QED) is 0.590. The summed E-state index contributed by atoms with van der Waals surface area (Å²) >= 11 is 6.45. The van der Waals surface area contributed by atoms with Gasteiger partial charge in [-0.3, -0.25) is 4.99 Å². The minimum atomic E-state index is 0.300. The van der Waals surface area contributed by atoms with Crippen LogP contribution in [0.3, 0.4) is 0 Å². The number of piperidine rings is 1. The highest BCUT2D eigenvalue weighted by Gasteiger charge is 2.12. The highest BCUT2D eigenvalue weighted by atomic mass is 35.5. The average molecular weight is 412 g/mol. The fourth-order valence-corrected chi connectivity index (χ4v) is 3.67. The molecule has 0 atom stereocenters. The number of ether oxygens (including phenoxy) is 2. The van der Waals surface area contributed by atoms with Crippen LogP contribution in [0.5, 0.6) is 11.5 Å². The number of aliphatic imine (C=N–C) groups is 1. The fraction of sp³-hybridized carbons (Fsp3) is 0.391. The van der Waals surface area contributed by atoms with Crippen LogP contribution in [0.1, 0.15) is 36.0 Å². The normalized spacial score (nSPS) is 14.7. The molecule has 0 N–H and O–H groups in total. The number of hydrogen-bond acceptors (Lipinski definition) is 5. The van der Waals surface area contributed by atoms with Gasteiger partial charge >= 0.3 is 0 Å². The maximum atomic E-state index is 9.02. The second-order valence-corrected chi connectivity index (χ2v) is 7.48. The predicted octanol–water partition coefficient (Wildman–Crippen LogP) is 4.70. The van der Waals surface area contributed by atoms with Crippen LogP contribution in [0.2, 0.25) is 5.02 Å². The topological polar surface area (TPSA) is 57.9 Å². The van der Waals surface area contributed by atoms with E-state index in [9.17, 15) is 0 Å². The summed E-state index contributed by atoms with van der Waals surface area (Å²) in [4.78, 5) is 7.01. The molecule has 0 bridgehead atoms. The Balaban J connectivity index is 1.62. The van der Waals surface area contributed by atoms with Gasteiger partial charge in [0.2, 0.25) is 0 Å². The summed E-state index contributed by atoms with van der Waals surface area (Å²) in [6.07, 6.45) is 5.76. The Kier molecular flexibility index (Phi) is 7.92. The van der Waals surface area contributed by atoms with Gasteiger partial charge in [-0.25, -0.2) is 0 Å². The standard InChI is InChI=1S/C23H26ClN3O2/c1-28-22-14-20(16-26-8-11-27-9-3-2-4-10-27)13-21(24)23(22)29-17-19-7-5-6-18(12-19)15-25/h5-7,12-14,16H,2-4,8-11,17H2,1H3/b26-16+. The van der Waals surface area contributed by atoms with Gasteiger partial charge in [-0.15, -0.1) is 0 Å². The SMILES string of the molecule is COc1cc(/C=N/CCN2CCCCC2)cc(Cl)c1OCc1cccc(C#N)c1. The molecular formula is C23H26ClN3O2. The lowest BCUT2D eigenvalue weighted by Crippen LogP contribution is -2.31. The smallest absolute Gasteiger partial charge is 0.180 e. The zero-order chi connectivity index (χ0) is 20.5. The van der Waals surface area contributed by atoms with Gasteiger partial charge in [-0.05, 0) is 61.3 Å². The van der Waals surface area contributed by atoms with E-state index in [1.807, 2.05) is 30.5 Å². The molecule has 2 aromatic rings. The second kappa shape index (κ2) is 10.8. The van der Waals surface area contributed by atoms with Crippen LogP contribution >= 0.6 is 11.6 Å². The number of halogens is 1. The van der Waals surface area contributed by atoms with Gasteiger partial charge in [0.1, 0.15) is 6.61 Å². The van der Waals surface area contributed by atoms with E-state index in [0.29, 0.717) is 28.7 Å². The van der Waals surface area contributed by atoms with E-state index in [1.54, 1.807) is 19.2 Å². The first kappa shape index (κ1) is 21.2. The molecule has 29 heavy (non-hydrogen) atoms. The van der Waals surface area contributed by atoms with Crippen molar-refractivity contribution in [2.24, 2.45) is 4.99 Å². The summed E-state index contributed by atoms with van der Waals surface area (Å²) in [5, 5.41) is 9.49. The van der Waals surface area contributed by atoms with Crippen molar-refractivity contribution < 1.29 is 9.47 Å². The molecule has 0 amide bonds. The predicted molar refractivity (Wildman–Crippen MR) is 116 cm³/mol. The lowest BCUT2D eigenvalue weighted by atomic mass is 10.1. The molecule has 0 saturated carbocycles. The molecule has 3 rings (SSSR count). The summed E-state index contributed by atoms with van der Waals surface area (Å²) in [6, 6.07) is 13.1. The molecule has 1 aliphatic heterocycles. The zero-order valence-electron chi connectivity index (χ0n) is 16.7. The van der Waals surface area contributed by atoms with Crippen LogP contribution < -0.4 is 9.47 Å². The summed E-state index contributed by atoms with van der Waals surface area (Å²) in [5.74, 6) is 1.05. The lowest BCUT2D eigenvalue weighted by molar-refractivity contribution is 0.235. The Bertz CT molecular complexity index is 886. The first-order valence-corrected chi connectivity index (χ1v) is 10.3. The van der Waals surface area contributed by atoms with E-state index >= 15 is 0 Å². The molecule has 0 unspecified atom stereocenters. The van der Waals surface area contributed by atoms with Crippen molar-refractivity contribution in [3.8, 4) is 17.6 Å². The van der Waals surface area contributed by atoms with E-state index in [1.165, 1.54) is 32.4 Å². The number of methoxy groups -OCH3 is 1. The zero-order valence-corrected chi connectivity index (χ0v) is 17.5. The Hall–Kier alpha value is -2.55. The fourth-order valence-electron chi connectivity index (χ4n) is 3.39. The molecule has 5 nitrogen and oxygen atoms in total. The molecule has 1 aliphatic rings. The monoisotopic (exact) mass is 411 g/mol. The Morgan fingerprint density at radius 3 is 2.79 bits per heavy atom. The van der Waals surface area contributed by atoms with Gasteiger partial charge in [-0.2, -0.15) is 5.26 Å². The van der Waals surface area contributed by atoms with Crippen LogP contribution in [-0.2, 0) is 6.61 Å². The third-order valence-corrected chi connectivity index (χ3v) is 5.21. The maximum Gasteiger partial charge on any atom is 0.180 e. The van der Waals surface area contributed by atoms with Gasteiger partial charge in [-0.1, -0.05) is 30.2 Å². The third-order valence-electron chi connectivity index (χ3n) is 4.93. The highest BCUT2D eigenvalue weighted by molar-refractivity contribution is 6.32. The average Bonchev–Trinajstić information content (AvgIpc) is 2.76. The van der Waals surface area contributed by atoms with E-state index in [4.69, 9.17) is 26.3 Å². The van der Waals surface area contributed by atoms with Crippen LogP contribution in [0.4, 0.5) is 0 Å². The largest absolute Gasteiger partial charge is 0.493 e. The third kappa shape index (κ3) is 6.22. The van der Waals surface area contributed by atoms with Crippen molar-refractivity contribution >= 4 is 17.8 Å². The summed E-state index contributed by atoms with van der Waals surface area (Å²) in [5.41, 5.74) is 2.37. The van der Waals surface area contributed by atoms with Gasteiger partial charge in [0.15, 0.2) is 11.5 Å². The summed E-state index contributed by atoms with van der Waals surface area (Å²) in [7, 11) is 1.59. The van der Waals surface area contributed by atoms with Crippen LogP contribution in [0.25, 0.3) is 0 Å². The van der Waals surface area contributed by atoms with Gasteiger partial charge in [0, 0.05) is 12.8 Å². The molecule has 152 valence electrons. The van der Waals surface area contributed by atoms with Gasteiger partial charge < -0.3 is 14.4 Å². The minimum absolute atomic E-state index is 0.300. The first-order valence-electron chi connectivity index (χ1n) is 9.91. The Labute approximate surface area is 177 Å². The molecule has 0 spiro atoms. The van der Waals surface area contributed by atoms with Gasteiger partial charge in [0.05, 0.1) is 30.3 Å². The number of likely N-dealkylation sites (tertiary alicyclic amines) is 1. The first-order chi connectivity index (χ1) is 14.2. The number of rotatable bonds is 8. The van der Waals surface area contributed by atoms with Crippen molar-refractivity contribution in [3.05, 3.63) is 58.1 Å². The second-order valence-electron chi connectivity index (χ2n) is 7.07. The van der Waals surface area contributed by atoms with Crippen molar-refractivity contribution in [2.75, 3.05) is 33.3 Å². The minimum Gasteiger partial charge on any atom is -0.493 e. The molecule has 2 aromatic carbocycles. The molecule has 6 heteroatoms. The maximum absolute atomic E-state index is 9.02. The van der Waals surface area contributed by atoms with E-state index in [2.05, 4.69) is 16.0 Å². The molecule has 1 saturated heterocycles. The molecule has 1 heterocycles. The van der Waals surface area contributed by atoms with Crippen LogP contribution in [-0.4, -0.2) is 44.4 Å². The summed E-state index contributed by atoms with van der Waals surface area (Å²) < 4.78 is 11.4. The van der Waals surface area contributed by atoms with E-state index in [0.717, 1.165) is 24.2 Å². The van der Waals surface area contributed by atoms with Gasteiger partial charge in [0.25, 0.3) is 0 Å². The highest BCUT2D eigenvalue weighted by Crippen LogP contribution is 2.36. The van der Waals surface area contributed by atoms with Crippen LogP contribution in [0.15, 0.2) is 41.4 Å². The number of benzene rings is 2. The lowest BCUT2D eigenvalue weighted by Gasteiger charge is -2.25. The van der Waals surface area contributed by atoms with Crippen molar-refractivity contribution in [1.82, 2.24) is 4.90 Å². The number of nitriles is 1. The number of hydrogen-bond donors (Lipinski definition) is 0. The molecule has 0 aromatic heterocycles. The Morgan fingerprint density at radius 2 is 2.03 bits per heavy atom. The van der Waals surface area contributed by atoms with Crippen molar-refractivity contribution in [3.63, 3.8) is 0 Å². The molecule has 0 aliphatic carbocycles. The van der Waals surface area contributed by atoms with Crippen molar-refractivity contribution in [1.29, 1.82) is 5.26 Å². The molecule has 0 radical (unpaired) electrons. The summed E-state index contributed by atoms with van der Waals surface area (Å²) in [6.45, 7) is 4.42. The number of nitrogens with zero attached hydrogens (tertiary/aromatic N) is 3. The Morgan fingerprint density at radius 1 is 1.21 bits per heavy atom.